The van der Waals surface area contributed by atoms with Crippen molar-refractivity contribution in [3.63, 3.8) is 0 Å². The molecule has 1 saturated carbocycles. The molecule has 0 bridgehead atoms. The zero-order valence-electron chi connectivity index (χ0n) is 13.8. The highest BCUT2D eigenvalue weighted by Crippen LogP contribution is 2.47. The fourth-order valence-electron chi connectivity index (χ4n) is 2.74. The summed E-state index contributed by atoms with van der Waals surface area (Å²) < 4.78 is 0. The Bertz CT molecular complexity index is 659. The first-order valence-electron chi connectivity index (χ1n) is 8.19. The SMILES string of the molecule is CCc1cnc(CNC(=NC)NCC2(c3ccccc3)CC2)s1. The van der Waals surface area contributed by atoms with Gasteiger partial charge < -0.3 is 10.6 Å². The van der Waals surface area contributed by atoms with Crippen LogP contribution in [0.15, 0.2) is 41.5 Å². The quantitative estimate of drug-likeness (QED) is 0.633. The fourth-order valence-corrected chi connectivity index (χ4v) is 3.54. The Balaban J connectivity index is 1.52. The van der Waals surface area contributed by atoms with E-state index in [9.17, 15) is 0 Å². The number of benzene rings is 1. The topological polar surface area (TPSA) is 49.3 Å². The largest absolute Gasteiger partial charge is 0.356 e. The minimum Gasteiger partial charge on any atom is -0.356 e. The number of rotatable bonds is 6. The van der Waals surface area contributed by atoms with Crippen LogP contribution in [0.1, 0.15) is 35.2 Å². The molecule has 23 heavy (non-hydrogen) atoms. The van der Waals surface area contributed by atoms with Crippen LogP contribution in [0.5, 0.6) is 0 Å². The second-order valence-corrected chi connectivity index (χ2v) is 7.20. The van der Waals surface area contributed by atoms with E-state index in [0.29, 0.717) is 0 Å². The van der Waals surface area contributed by atoms with Crippen LogP contribution in [0.3, 0.4) is 0 Å². The molecule has 4 nitrogen and oxygen atoms in total. The van der Waals surface area contributed by atoms with E-state index < -0.39 is 0 Å². The predicted octanol–water partition coefficient (Wildman–Crippen LogP) is 3.10. The van der Waals surface area contributed by atoms with Crippen molar-refractivity contribution in [2.75, 3.05) is 13.6 Å². The van der Waals surface area contributed by atoms with Gasteiger partial charge >= 0.3 is 0 Å². The van der Waals surface area contributed by atoms with Crippen LogP contribution in [-0.2, 0) is 18.4 Å². The highest BCUT2D eigenvalue weighted by Gasteiger charge is 2.43. The summed E-state index contributed by atoms with van der Waals surface area (Å²) in [7, 11) is 1.82. The lowest BCUT2D eigenvalue weighted by molar-refractivity contribution is 0.645. The van der Waals surface area contributed by atoms with E-state index in [-0.39, 0.29) is 5.41 Å². The van der Waals surface area contributed by atoms with E-state index in [4.69, 9.17) is 0 Å². The van der Waals surface area contributed by atoms with Crippen molar-refractivity contribution in [1.82, 2.24) is 15.6 Å². The number of hydrogen-bond donors (Lipinski definition) is 2. The van der Waals surface area contributed by atoms with Gasteiger partial charge in [0.25, 0.3) is 0 Å². The van der Waals surface area contributed by atoms with Crippen LogP contribution >= 0.6 is 11.3 Å². The fraction of sp³-hybridized carbons (Fsp3) is 0.444. The molecule has 1 aromatic carbocycles. The molecule has 1 aliphatic carbocycles. The van der Waals surface area contributed by atoms with E-state index in [0.717, 1.165) is 30.5 Å². The van der Waals surface area contributed by atoms with Gasteiger partial charge in [-0.1, -0.05) is 37.3 Å². The van der Waals surface area contributed by atoms with Crippen molar-refractivity contribution in [3.05, 3.63) is 52.0 Å². The molecule has 0 amide bonds. The molecule has 122 valence electrons. The minimum atomic E-state index is 0.287. The van der Waals surface area contributed by atoms with Crippen molar-refractivity contribution in [3.8, 4) is 0 Å². The van der Waals surface area contributed by atoms with Gasteiger partial charge in [0.2, 0.25) is 0 Å². The smallest absolute Gasteiger partial charge is 0.191 e. The van der Waals surface area contributed by atoms with Crippen molar-refractivity contribution in [2.45, 2.75) is 38.1 Å². The van der Waals surface area contributed by atoms with Gasteiger partial charge in [-0.3, -0.25) is 4.99 Å². The first kappa shape index (κ1) is 16.0. The van der Waals surface area contributed by atoms with Crippen molar-refractivity contribution in [1.29, 1.82) is 0 Å². The zero-order chi connectivity index (χ0) is 16.1. The molecule has 2 aromatic rings. The summed E-state index contributed by atoms with van der Waals surface area (Å²) in [5.41, 5.74) is 1.71. The summed E-state index contributed by atoms with van der Waals surface area (Å²) in [5.74, 6) is 0.848. The summed E-state index contributed by atoms with van der Waals surface area (Å²) in [4.78, 5) is 10.1. The molecule has 0 spiro atoms. The normalized spacial score (nSPS) is 16.2. The van der Waals surface area contributed by atoms with Crippen LogP contribution in [0.2, 0.25) is 0 Å². The maximum absolute atomic E-state index is 4.44. The van der Waals surface area contributed by atoms with E-state index in [1.807, 2.05) is 13.2 Å². The number of aliphatic imine (C=N–C) groups is 1. The average Bonchev–Trinajstić information content (AvgIpc) is 3.26. The molecule has 0 radical (unpaired) electrons. The van der Waals surface area contributed by atoms with Gasteiger partial charge in [-0.25, -0.2) is 4.98 Å². The first-order chi connectivity index (χ1) is 11.3. The minimum absolute atomic E-state index is 0.287. The molecule has 3 rings (SSSR count). The molecule has 1 aromatic heterocycles. The number of thiazole rings is 1. The Labute approximate surface area is 142 Å². The molecule has 1 aliphatic rings. The van der Waals surface area contributed by atoms with Gasteiger partial charge in [-0.2, -0.15) is 0 Å². The summed E-state index contributed by atoms with van der Waals surface area (Å²) in [6.07, 6.45) is 5.50. The van der Waals surface area contributed by atoms with Crippen LogP contribution in [0.25, 0.3) is 0 Å². The Morgan fingerprint density at radius 1 is 1.26 bits per heavy atom. The Morgan fingerprint density at radius 2 is 2.04 bits per heavy atom. The lowest BCUT2D eigenvalue weighted by Crippen LogP contribution is -2.40. The zero-order valence-corrected chi connectivity index (χ0v) is 14.6. The van der Waals surface area contributed by atoms with Crippen molar-refractivity contribution >= 4 is 17.3 Å². The molecule has 0 atom stereocenters. The Kier molecular flexibility index (Phi) is 4.96. The molecule has 1 heterocycles. The lowest BCUT2D eigenvalue weighted by atomic mass is 9.96. The number of nitrogens with zero attached hydrogens (tertiary/aromatic N) is 2. The van der Waals surface area contributed by atoms with Gasteiger partial charge in [0, 0.05) is 30.1 Å². The third-order valence-electron chi connectivity index (χ3n) is 4.41. The molecule has 1 fully saturated rings. The van der Waals surface area contributed by atoms with Crippen LogP contribution in [0.4, 0.5) is 0 Å². The molecular formula is C18H24N4S. The first-order valence-corrected chi connectivity index (χ1v) is 9.01. The van der Waals surface area contributed by atoms with Gasteiger partial charge in [0.15, 0.2) is 5.96 Å². The van der Waals surface area contributed by atoms with Crippen LogP contribution in [-0.4, -0.2) is 24.5 Å². The number of nitrogens with one attached hydrogen (secondary N) is 2. The van der Waals surface area contributed by atoms with Crippen molar-refractivity contribution in [2.24, 2.45) is 4.99 Å². The number of aromatic nitrogens is 1. The second-order valence-electron chi connectivity index (χ2n) is 6.00. The second kappa shape index (κ2) is 7.13. The molecule has 2 N–H and O–H groups in total. The summed E-state index contributed by atoms with van der Waals surface area (Å²) in [5, 5.41) is 7.94. The van der Waals surface area contributed by atoms with Crippen molar-refractivity contribution < 1.29 is 0 Å². The molecule has 0 aliphatic heterocycles. The summed E-state index contributed by atoms with van der Waals surface area (Å²) in [6, 6.07) is 10.8. The molecule has 0 unspecified atom stereocenters. The number of hydrogen-bond acceptors (Lipinski definition) is 3. The standard InChI is InChI=1S/C18H24N4S/c1-3-15-11-20-16(23-15)12-21-17(19-2)22-13-18(9-10-18)14-7-5-4-6-8-14/h4-8,11H,3,9-10,12-13H2,1-2H3,(H2,19,21,22). The van der Waals surface area contributed by atoms with Gasteiger partial charge in [-0.05, 0) is 24.8 Å². The third kappa shape index (κ3) is 3.91. The van der Waals surface area contributed by atoms with E-state index >= 15 is 0 Å². The van der Waals surface area contributed by atoms with E-state index in [1.54, 1.807) is 11.3 Å². The van der Waals surface area contributed by atoms with E-state index in [2.05, 4.69) is 57.9 Å². The van der Waals surface area contributed by atoms with Gasteiger partial charge in [0.05, 0.1) is 6.54 Å². The van der Waals surface area contributed by atoms with Crippen LogP contribution < -0.4 is 10.6 Å². The molecule has 0 saturated heterocycles. The average molecular weight is 328 g/mol. The highest BCUT2D eigenvalue weighted by atomic mass is 32.1. The number of guanidine groups is 1. The Hall–Kier alpha value is -1.88. The maximum atomic E-state index is 4.44. The number of aryl methyl sites for hydroxylation is 1. The summed E-state index contributed by atoms with van der Waals surface area (Å²) >= 11 is 1.76. The Morgan fingerprint density at radius 3 is 2.65 bits per heavy atom. The van der Waals surface area contributed by atoms with Gasteiger partial charge in [-0.15, -0.1) is 11.3 Å². The predicted molar refractivity (Wildman–Crippen MR) is 97.0 cm³/mol. The molecular weight excluding hydrogens is 304 g/mol. The monoisotopic (exact) mass is 328 g/mol. The van der Waals surface area contributed by atoms with Gasteiger partial charge in [0.1, 0.15) is 5.01 Å². The molecule has 5 heteroatoms. The van der Waals surface area contributed by atoms with E-state index in [1.165, 1.54) is 23.3 Å². The lowest BCUT2D eigenvalue weighted by Gasteiger charge is -2.18. The third-order valence-corrected chi connectivity index (χ3v) is 5.56. The van der Waals surface area contributed by atoms with Crippen LogP contribution in [0, 0.1) is 0 Å². The highest BCUT2D eigenvalue weighted by molar-refractivity contribution is 7.11. The maximum Gasteiger partial charge on any atom is 0.191 e. The summed E-state index contributed by atoms with van der Waals surface area (Å²) in [6.45, 7) is 3.81.